The summed E-state index contributed by atoms with van der Waals surface area (Å²) in [7, 11) is 0. The van der Waals surface area contributed by atoms with Gasteiger partial charge in [0.1, 0.15) is 5.60 Å². The molecular weight excluding hydrogens is 246 g/mol. The molecule has 0 unspecified atom stereocenters. The molecule has 19 heavy (non-hydrogen) atoms. The largest absolute Gasteiger partial charge is 0.460 e. The second kappa shape index (κ2) is 6.89. The van der Waals surface area contributed by atoms with Gasteiger partial charge in [-0.3, -0.25) is 9.59 Å². The summed E-state index contributed by atoms with van der Waals surface area (Å²) in [5.74, 6) is -0.518. The standard InChI is InChI=1S/C14H27NO4/c1-7-15(10-14(5,6)18)11(16)8-9-12(17)19-13(2,3)4/h18H,7-10H2,1-6H3. The van der Waals surface area contributed by atoms with Gasteiger partial charge in [-0.05, 0) is 41.5 Å². The summed E-state index contributed by atoms with van der Waals surface area (Å²) in [5.41, 5.74) is -1.46. The zero-order valence-electron chi connectivity index (χ0n) is 12.9. The molecule has 0 saturated heterocycles. The molecule has 5 nitrogen and oxygen atoms in total. The predicted molar refractivity (Wildman–Crippen MR) is 73.6 cm³/mol. The van der Waals surface area contributed by atoms with Crippen LogP contribution < -0.4 is 0 Å². The topological polar surface area (TPSA) is 66.8 Å². The number of aliphatic hydroxyl groups is 1. The number of ether oxygens (including phenoxy) is 1. The number of carbonyl (C=O) groups is 2. The van der Waals surface area contributed by atoms with Crippen LogP contribution in [0.3, 0.4) is 0 Å². The summed E-state index contributed by atoms with van der Waals surface area (Å²) in [5, 5.41) is 9.71. The molecule has 0 fully saturated rings. The van der Waals surface area contributed by atoms with Crippen molar-refractivity contribution in [1.82, 2.24) is 4.90 Å². The fourth-order valence-electron chi connectivity index (χ4n) is 1.60. The summed E-state index contributed by atoms with van der Waals surface area (Å²) in [6.07, 6.45) is 0.178. The second-order valence-corrected chi connectivity index (χ2v) is 6.31. The maximum absolute atomic E-state index is 11.9. The van der Waals surface area contributed by atoms with E-state index < -0.39 is 11.2 Å². The van der Waals surface area contributed by atoms with Gasteiger partial charge in [0, 0.05) is 19.5 Å². The van der Waals surface area contributed by atoms with Crippen LogP contribution in [0.1, 0.15) is 54.4 Å². The summed E-state index contributed by atoms with van der Waals surface area (Å²) in [6, 6.07) is 0. The van der Waals surface area contributed by atoms with Crippen molar-refractivity contribution in [2.45, 2.75) is 65.6 Å². The van der Waals surface area contributed by atoms with E-state index >= 15 is 0 Å². The summed E-state index contributed by atoms with van der Waals surface area (Å²) in [4.78, 5) is 25.0. The van der Waals surface area contributed by atoms with Crippen molar-refractivity contribution in [3.63, 3.8) is 0 Å². The van der Waals surface area contributed by atoms with E-state index in [-0.39, 0.29) is 31.3 Å². The minimum atomic E-state index is -0.933. The number of carbonyl (C=O) groups excluding carboxylic acids is 2. The minimum absolute atomic E-state index is 0.0679. The van der Waals surface area contributed by atoms with Crippen LogP contribution in [-0.4, -0.2) is 46.2 Å². The second-order valence-electron chi connectivity index (χ2n) is 6.31. The highest BCUT2D eigenvalue weighted by Crippen LogP contribution is 2.11. The SMILES string of the molecule is CCN(CC(C)(C)O)C(=O)CCC(=O)OC(C)(C)C. The molecule has 0 atom stereocenters. The maximum atomic E-state index is 11.9. The molecule has 0 aliphatic heterocycles. The highest BCUT2D eigenvalue weighted by molar-refractivity contribution is 5.81. The van der Waals surface area contributed by atoms with Gasteiger partial charge < -0.3 is 14.7 Å². The number of esters is 1. The van der Waals surface area contributed by atoms with Gasteiger partial charge in [-0.1, -0.05) is 0 Å². The molecule has 0 aromatic heterocycles. The first-order chi connectivity index (χ1) is 8.44. The number of likely N-dealkylation sites (N-methyl/N-ethyl adjacent to an activating group) is 1. The van der Waals surface area contributed by atoms with Crippen LogP contribution >= 0.6 is 0 Å². The Bertz CT molecular complexity index is 312. The molecule has 0 spiro atoms. The molecule has 0 aromatic carbocycles. The van der Waals surface area contributed by atoms with Gasteiger partial charge in [0.15, 0.2) is 0 Å². The van der Waals surface area contributed by atoms with Crippen molar-refractivity contribution in [1.29, 1.82) is 0 Å². The van der Waals surface area contributed by atoms with Crippen molar-refractivity contribution in [2.24, 2.45) is 0 Å². The number of hydrogen-bond donors (Lipinski definition) is 1. The predicted octanol–water partition coefficient (Wildman–Crippen LogP) is 1.73. The first-order valence-electron chi connectivity index (χ1n) is 6.66. The Hall–Kier alpha value is -1.10. The van der Waals surface area contributed by atoms with Crippen molar-refractivity contribution in [3.8, 4) is 0 Å². The highest BCUT2D eigenvalue weighted by Gasteiger charge is 2.22. The van der Waals surface area contributed by atoms with Crippen LogP contribution in [0.5, 0.6) is 0 Å². The third-order valence-electron chi connectivity index (χ3n) is 2.28. The maximum Gasteiger partial charge on any atom is 0.306 e. The number of amides is 1. The Morgan fingerprint density at radius 1 is 1.11 bits per heavy atom. The van der Waals surface area contributed by atoms with Gasteiger partial charge in [0.25, 0.3) is 0 Å². The Labute approximate surface area is 115 Å². The zero-order valence-corrected chi connectivity index (χ0v) is 12.9. The van der Waals surface area contributed by atoms with Crippen molar-refractivity contribution in [2.75, 3.05) is 13.1 Å². The first kappa shape index (κ1) is 17.9. The Morgan fingerprint density at radius 2 is 1.63 bits per heavy atom. The van der Waals surface area contributed by atoms with Gasteiger partial charge >= 0.3 is 5.97 Å². The summed E-state index contributed by atoms with van der Waals surface area (Å²) in [6.45, 7) is 11.3. The molecule has 0 aliphatic carbocycles. The molecular formula is C14H27NO4. The monoisotopic (exact) mass is 273 g/mol. The molecule has 0 heterocycles. The molecule has 1 amide bonds. The lowest BCUT2D eigenvalue weighted by molar-refractivity contribution is -0.156. The third-order valence-corrected chi connectivity index (χ3v) is 2.28. The Morgan fingerprint density at radius 3 is 2.00 bits per heavy atom. The van der Waals surface area contributed by atoms with Crippen LogP contribution in [0.4, 0.5) is 0 Å². The van der Waals surface area contributed by atoms with Crippen molar-refractivity contribution >= 4 is 11.9 Å². The Kier molecular flexibility index (Phi) is 6.49. The molecule has 0 aliphatic rings. The molecule has 0 rings (SSSR count). The fraction of sp³-hybridized carbons (Fsp3) is 0.857. The van der Waals surface area contributed by atoms with Gasteiger partial charge in [-0.2, -0.15) is 0 Å². The lowest BCUT2D eigenvalue weighted by atomic mass is 10.1. The van der Waals surface area contributed by atoms with Gasteiger partial charge in [-0.25, -0.2) is 0 Å². The van der Waals surface area contributed by atoms with E-state index in [0.29, 0.717) is 6.54 Å². The van der Waals surface area contributed by atoms with E-state index in [1.54, 1.807) is 39.5 Å². The molecule has 0 aromatic rings. The summed E-state index contributed by atoms with van der Waals surface area (Å²) >= 11 is 0. The van der Waals surface area contributed by atoms with E-state index in [1.807, 2.05) is 6.92 Å². The van der Waals surface area contributed by atoms with Crippen LogP contribution in [-0.2, 0) is 14.3 Å². The van der Waals surface area contributed by atoms with E-state index in [0.717, 1.165) is 0 Å². The average molecular weight is 273 g/mol. The van der Waals surface area contributed by atoms with Crippen LogP contribution in [0.2, 0.25) is 0 Å². The molecule has 0 radical (unpaired) electrons. The molecule has 112 valence electrons. The van der Waals surface area contributed by atoms with Gasteiger partial charge in [-0.15, -0.1) is 0 Å². The normalized spacial score (nSPS) is 12.2. The molecule has 1 N–H and O–H groups in total. The molecule has 0 saturated carbocycles. The number of rotatable bonds is 6. The van der Waals surface area contributed by atoms with Gasteiger partial charge in [0.05, 0.1) is 12.0 Å². The number of hydrogen-bond acceptors (Lipinski definition) is 4. The summed E-state index contributed by atoms with van der Waals surface area (Å²) < 4.78 is 5.14. The third kappa shape index (κ3) is 9.47. The van der Waals surface area contributed by atoms with Crippen LogP contribution in [0.15, 0.2) is 0 Å². The van der Waals surface area contributed by atoms with E-state index in [1.165, 1.54) is 0 Å². The zero-order chi connectivity index (χ0) is 15.3. The number of nitrogens with zero attached hydrogens (tertiary/aromatic N) is 1. The molecule has 0 bridgehead atoms. The van der Waals surface area contributed by atoms with Crippen molar-refractivity contribution in [3.05, 3.63) is 0 Å². The minimum Gasteiger partial charge on any atom is -0.460 e. The Balaban J connectivity index is 4.25. The van der Waals surface area contributed by atoms with Crippen molar-refractivity contribution < 1.29 is 19.4 Å². The van der Waals surface area contributed by atoms with E-state index in [2.05, 4.69) is 0 Å². The van der Waals surface area contributed by atoms with E-state index in [9.17, 15) is 14.7 Å². The first-order valence-corrected chi connectivity index (χ1v) is 6.66. The van der Waals surface area contributed by atoms with Crippen LogP contribution in [0, 0.1) is 0 Å². The van der Waals surface area contributed by atoms with Gasteiger partial charge in [0.2, 0.25) is 5.91 Å². The van der Waals surface area contributed by atoms with E-state index in [4.69, 9.17) is 4.74 Å². The van der Waals surface area contributed by atoms with Crippen LogP contribution in [0.25, 0.3) is 0 Å². The quantitative estimate of drug-likeness (QED) is 0.748. The smallest absolute Gasteiger partial charge is 0.306 e. The lowest BCUT2D eigenvalue weighted by Crippen LogP contribution is -2.42. The fourth-order valence-corrected chi connectivity index (χ4v) is 1.60. The lowest BCUT2D eigenvalue weighted by Gasteiger charge is -2.28. The molecule has 5 heteroatoms. The highest BCUT2D eigenvalue weighted by atomic mass is 16.6. The average Bonchev–Trinajstić information content (AvgIpc) is 2.18.